The van der Waals surface area contributed by atoms with E-state index in [9.17, 15) is 9.59 Å². The van der Waals surface area contributed by atoms with E-state index in [1.807, 2.05) is 24.8 Å². The maximum Gasteiger partial charge on any atom is 0.248 e. The highest BCUT2D eigenvalue weighted by Crippen LogP contribution is 2.29. The number of carbonyl (C=O) groups excluding carboxylic acids is 2. The third-order valence-electron chi connectivity index (χ3n) is 4.51. The molecule has 22 heavy (non-hydrogen) atoms. The van der Waals surface area contributed by atoms with E-state index in [1.54, 1.807) is 16.6 Å². The SMILES string of the molecule is Cc1cc(C)n(CC(=O)N2CC[C@@]3(CN(C)C(=O)CO3)C2)n1. The van der Waals surface area contributed by atoms with Crippen LogP contribution in [0.5, 0.6) is 0 Å². The van der Waals surface area contributed by atoms with Crippen molar-refractivity contribution in [2.75, 3.05) is 33.3 Å². The highest BCUT2D eigenvalue weighted by Gasteiger charge is 2.45. The van der Waals surface area contributed by atoms with Crippen LogP contribution in [0.1, 0.15) is 17.8 Å². The zero-order chi connectivity index (χ0) is 15.9. The molecule has 1 atom stereocenters. The number of carbonyl (C=O) groups is 2. The Morgan fingerprint density at radius 3 is 2.82 bits per heavy atom. The zero-order valence-electron chi connectivity index (χ0n) is 13.3. The lowest BCUT2D eigenvalue weighted by molar-refractivity contribution is -0.159. The number of rotatable bonds is 2. The van der Waals surface area contributed by atoms with Crippen molar-refractivity contribution in [2.45, 2.75) is 32.4 Å². The van der Waals surface area contributed by atoms with E-state index >= 15 is 0 Å². The van der Waals surface area contributed by atoms with Crippen LogP contribution in [0.2, 0.25) is 0 Å². The minimum Gasteiger partial charge on any atom is -0.361 e. The maximum absolute atomic E-state index is 12.5. The van der Waals surface area contributed by atoms with Gasteiger partial charge in [0.1, 0.15) is 18.8 Å². The van der Waals surface area contributed by atoms with Crippen LogP contribution in [0, 0.1) is 13.8 Å². The summed E-state index contributed by atoms with van der Waals surface area (Å²) in [6.45, 7) is 5.99. The normalized spacial score (nSPS) is 25.3. The van der Waals surface area contributed by atoms with Gasteiger partial charge in [-0.3, -0.25) is 14.3 Å². The van der Waals surface area contributed by atoms with Gasteiger partial charge in [-0.25, -0.2) is 0 Å². The van der Waals surface area contributed by atoms with Gasteiger partial charge in [-0.15, -0.1) is 0 Å². The van der Waals surface area contributed by atoms with Crippen LogP contribution in [-0.2, 0) is 20.9 Å². The first-order chi connectivity index (χ1) is 10.4. The minimum absolute atomic E-state index is 0.00181. The van der Waals surface area contributed by atoms with Gasteiger partial charge in [-0.05, 0) is 26.3 Å². The fourth-order valence-electron chi connectivity index (χ4n) is 3.26. The zero-order valence-corrected chi connectivity index (χ0v) is 13.3. The van der Waals surface area contributed by atoms with Gasteiger partial charge in [-0.1, -0.05) is 0 Å². The lowest BCUT2D eigenvalue weighted by atomic mass is 10.0. The second kappa shape index (κ2) is 5.39. The molecule has 120 valence electrons. The fourth-order valence-corrected chi connectivity index (χ4v) is 3.26. The van der Waals surface area contributed by atoms with Crippen molar-refractivity contribution < 1.29 is 14.3 Å². The maximum atomic E-state index is 12.5. The Morgan fingerprint density at radius 1 is 1.41 bits per heavy atom. The molecule has 0 radical (unpaired) electrons. The molecule has 0 saturated carbocycles. The number of amides is 2. The lowest BCUT2D eigenvalue weighted by Crippen LogP contribution is -2.54. The van der Waals surface area contributed by atoms with Crippen molar-refractivity contribution in [3.63, 3.8) is 0 Å². The largest absolute Gasteiger partial charge is 0.361 e. The molecule has 3 heterocycles. The topological polar surface area (TPSA) is 67.7 Å². The third-order valence-corrected chi connectivity index (χ3v) is 4.51. The molecule has 7 nitrogen and oxygen atoms in total. The Morgan fingerprint density at radius 2 is 2.18 bits per heavy atom. The van der Waals surface area contributed by atoms with Crippen molar-refractivity contribution in [2.24, 2.45) is 0 Å². The molecular weight excluding hydrogens is 284 g/mol. The van der Waals surface area contributed by atoms with E-state index in [0.717, 1.165) is 17.8 Å². The molecule has 0 aliphatic carbocycles. The Balaban J connectivity index is 1.64. The summed E-state index contributed by atoms with van der Waals surface area (Å²) in [6.07, 6.45) is 0.771. The number of likely N-dealkylation sites (tertiary alicyclic amines) is 1. The van der Waals surface area contributed by atoms with Gasteiger partial charge in [0.25, 0.3) is 0 Å². The third kappa shape index (κ3) is 2.72. The van der Waals surface area contributed by atoms with Gasteiger partial charge in [0, 0.05) is 19.3 Å². The number of likely N-dealkylation sites (N-methyl/N-ethyl adjacent to an activating group) is 1. The Labute approximate surface area is 129 Å². The number of hydrogen-bond donors (Lipinski definition) is 0. The second-order valence-corrected chi connectivity index (χ2v) is 6.37. The molecule has 0 bridgehead atoms. The van der Waals surface area contributed by atoms with E-state index < -0.39 is 5.60 Å². The summed E-state index contributed by atoms with van der Waals surface area (Å²) < 4.78 is 7.50. The lowest BCUT2D eigenvalue weighted by Gasteiger charge is -2.38. The van der Waals surface area contributed by atoms with Crippen LogP contribution < -0.4 is 0 Å². The molecule has 7 heteroatoms. The number of morpholine rings is 1. The van der Waals surface area contributed by atoms with Crippen molar-refractivity contribution in [1.82, 2.24) is 19.6 Å². The average Bonchev–Trinajstić information content (AvgIpc) is 2.99. The minimum atomic E-state index is -0.395. The molecule has 0 aromatic carbocycles. The summed E-state index contributed by atoms with van der Waals surface area (Å²) in [5, 5.41) is 4.33. The van der Waals surface area contributed by atoms with Gasteiger partial charge in [0.15, 0.2) is 0 Å². The molecule has 2 saturated heterocycles. The molecule has 2 aliphatic rings. The predicted molar refractivity (Wildman–Crippen MR) is 79.2 cm³/mol. The molecule has 1 spiro atoms. The Kier molecular flexibility index (Phi) is 3.68. The summed E-state index contributed by atoms with van der Waals surface area (Å²) in [7, 11) is 1.78. The monoisotopic (exact) mass is 306 g/mol. The molecule has 2 amide bonds. The van der Waals surface area contributed by atoms with Gasteiger partial charge < -0.3 is 14.5 Å². The molecular formula is C15H22N4O3. The van der Waals surface area contributed by atoms with Gasteiger partial charge in [0.05, 0.1) is 18.8 Å². The van der Waals surface area contributed by atoms with Crippen molar-refractivity contribution in [3.05, 3.63) is 17.5 Å². The smallest absolute Gasteiger partial charge is 0.248 e. The van der Waals surface area contributed by atoms with Gasteiger partial charge in [-0.2, -0.15) is 5.10 Å². The van der Waals surface area contributed by atoms with E-state index in [-0.39, 0.29) is 25.0 Å². The number of ether oxygens (including phenoxy) is 1. The standard InChI is InChI=1S/C15H22N4O3/c1-11-6-12(2)19(16-11)7-13(20)18-5-4-15(10-18)9-17(3)14(21)8-22-15/h6H,4-5,7-10H2,1-3H3/t15-/m1/s1. The number of aryl methyl sites for hydroxylation is 2. The van der Waals surface area contributed by atoms with E-state index in [4.69, 9.17) is 4.74 Å². The van der Waals surface area contributed by atoms with Gasteiger partial charge in [0.2, 0.25) is 11.8 Å². The molecule has 1 aromatic rings. The summed E-state index contributed by atoms with van der Waals surface area (Å²) in [5.74, 6) is 0.0456. The Bertz CT molecular complexity index is 612. The molecule has 0 unspecified atom stereocenters. The van der Waals surface area contributed by atoms with Gasteiger partial charge >= 0.3 is 0 Å². The van der Waals surface area contributed by atoms with Crippen LogP contribution in [0.25, 0.3) is 0 Å². The molecule has 1 aromatic heterocycles. The van der Waals surface area contributed by atoms with E-state index in [1.165, 1.54) is 0 Å². The van der Waals surface area contributed by atoms with Crippen molar-refractivity contribution in [1.29, 1.82) is 0 Å². The van der Waals surface area contributed by atoms with E-state index in [2.05, 4.69) is 5.10 Å². The molecule has 2 fully saturated rings. The average molecular weight is 306 g/mol. The van der Waals surface area contributed by atoms with E-state index in [0.29, 0.717) is 19.6 Å². The first kappa shape index (κ1) is 15.0. The van der Waals surface area contributed by atoms with Crippen LogP contribution >= 0.6 is 0 Å². The quantitative estimate of drug-likeness (QED) is 0.769. The fraction of sp³-hybridized carbons (Fsp3) is 0.667. The first-order valence-corrected chi connectivity index (χ1v) is 7.55. The van der Waals surface area contributed by atoms with Crippen molar-refractivity contribution >= 4 is 11.8 Å². The summed E-state index contributed by atoms with van der Waals surface area (Å²) in [5.41, 5.74) is 1.51. The van der Waals surface area contributed by atoms with Crippen LogP contribution in [0.4, 0.5) is 0 Å². The predicted octanol–water partition coefficient (Wildman–Crippen LogP) is -0.0404. The summed E-state index contributed by atoms with van der Waals surface area (Å²) >= 11 is 0. The first-order valence-electron chi connectivity index (χ1n) is 7.55. The molecule has 3 rings (SSSR count). The number of aromatic nitrogens is 2. The Hall–Kier alpha value is -1.89. The van der Waals surface area contributed by atoms with Crippen LogP contribution in [-0.4, -0.2) is 70.3 Å². The summed E-state index contributed by atoms with van der Waals surface area (Å²) in [4.78, 5) is 27.5. The highest BCUT2D eigenvalue weighted by molar-refractivity contribution is 5.78. The number of hydrogen-bond acceptors (Lipinski definition) is 4. The second-order valence-electron chi connectivity index (χ2n) is 6.37. The number of nitrogens with zero attached hydrogens (tertiary/aromatic N) is 4. The van der Waals surface area contributed by atoms with Crippen molar-refractivity contribution in [3.8, 4) is 0 Å². The molecule has 0 N–H and O–H groups in total. The van der Waals surface area contributed by atoms with Crippen LogP contribution in [0.15, 0.2) is 6.07 Å². The van der Waals surface area contributed by atoms with Crippen LogP contribution in [0.3, 0.4) is 0 Å². The highest BCUT2D eigenvalue weighted by atomic mass is 16.5. The molecule has 2 aliphatic heterocycles. The summed E-state index contributed by atoms with van der Waals surface area (Å²) in [6, 6.07) is 1.96.